The molecule has 2 heterocycles. The zero-order chi connectivity index (χ0) is 20.8. The van der Waals surface area contributed by atoms with E-state index in [-0.39, 0.29) is 24.0 Å². The Labute approximate surface area is 184 Å². The summed E-state index contributed by atoms with van der Waals surface area (Å²) >= 11 is 0. The van der Waals surface area contributed by atoms with E-state index in [0.29, 0.717) is 17.0 Å². The average Bonchev–Trinajstić information content (AvgIpc) is 3.34. The van der Waals surface area contributed by atoms with E-state index in [1.807, 2.05) is 24.3 Å². The molecule has 0 bridgehead atoms. The molecule has 3 aromatic rings. The van der Waals surface area contributed by atoms with Gasteiger partial charge in [0.2, 0.25) is 5.89 Å². The Morgan fingerprint density at radius 3 is 2.50 bits per heavy atom. The fourth-order valence-corrected chi connectivity index (χ4v) is 4.14. The molecule has 1 aliphatic rings. The molecule has 1 aromatic heterocycles. The smallest absolute Gasteiger partial charge is 0.201 e. The molecule has 1 saturated heterocycles. The Bertz CT molecular complexity index is 1080. The lowest BCUT2D eigenvalue weighted by atomic mass is 9.97. The van der Waals surface area contributed by atoms with Crippen LogP contribution >= 0.6 is 12.4 Å². The molecule has 4 rings (SSSR count). The van der Waals surface area contributed by atoms with Crippen molar-refractivity contribution in [2.24, 2.45) is 0 Å². The van der Waals surface area contributed by atoms with Crippen molar-refractivity contribution in [3.8, 4) is 17.2 Å². The maximum atomic E-state index is 9.86. The highest BCUT2D eigenvalue weighted by Crippen LogP contribution is 2.43. The second-order valence-corrected chi connectivity index (χ2v) is 9.02. The van der Waals surface area contributed by atoms with E-state index >= 15 is 0 Å². The van der Waals surface area contributed by atoms with Crippen molar-refractivity contribution in [3.63, 3.8) is 0 Å². The predicted octanol–water partition coefficient (Wildman–Crippen LogP) is 5.57. The quantitative estimate of drug-likeness (QED) is 0.549. The lowest BCUT2D eigenvalue weighted by Crippen LogP contribution is -2.40. The summed E-state index contributed by atoms with van der Waals surface area (Å²) < 4.78 is 6.39. The SMILES string of the molecule is CN(C)C1CCCN1c1c(-c2ccccc2)cc(C#N)c2nc(C(C)(C)C)oc12.Cl. The number of benzene rings is 2. The number of anilines is 1. The van der Waals surface area contributed by atoms with E-state index in [9.17, 15) is 5.26 Å². The van der Waals surface area contributed by atoms with Gasteiger partial charge >= 0.3 is 0 Å². The van der Waals surface area contributed by atoms with Crippen LogP contribution in [0.2, 0.25) is 0 Å². The van der Waals surface area contributed by atoms with Gasteiger partial charge in [-0.05, 0) is 38.6 Å². The van der Waals surface area contributed by atoms with Crippen molar-refractivity contribution in [2.45, 2.75) is 45.2 Å². The zero-order valence-corrected chi connectivity index (χ0v) is 19.1. The summed E-state index contributed by atoms with van der Waals surface area (Å²) in [6, 6.07) is 14.6. The van der Waals surface area contributed by atoms with Crippen molar-refractivity contribution in [1.29, 1.82) is 5.26 Å². The summed E-state index contributed by atoms with van der Waals surface area (Å²) in [5.74, 6) is 0.663. The van der Waals surface area contributed by atoms with Crippen LogP contribution in [0.25, 0.3) is 22.2 Å². The summed E-state index contributed by atoms with van der Waals surface area (Å²) in [5, 5.41) is 9.86. The summed E-state index contributed by atoms with van der Waals surface area (Å²) in [5.41, 5.74) is 4.87. The Hall–Kier alpha value is -2.55. The first-order chi connectivity index (χ1) is 13.8. The average molecular weight is 425 g/mol. The third kappa shape index (κ3) is 3.78. The number of hydrogen-bond acceptors (Lipinski definition) is 5. The van der Waals surface area contributed by atoms with Crippen molar-refractivity contribution < 1.29 is 4.42 Å². The van der Waals surface area contributed by atoms with Gasteiger partial charge in [-0.1, -0.05) is 51.1 Å². The predicted molar refractivity (Wildman–Crippen MR) is 124 cm³/mol. The third-order valence-electron chi connectivity index (χ3n) is 5.59. The molecule has 1 fully saturated rings. The first-order valence-electron chi connectivity index (χ1n) is 10.2. The molecule has 1 aliphatic heterocycles. The second-order valence-electron chi connectivity index (χ2n) is 9.02. The highest BCUT2D eigenvalue weighted by atomic mass is 35.5. The number of hydrogen-bond donors (Lipinski definition) is 0. The van der Waals surface area contributed by atoms with Gasteiger partial charge in [-0.2, -0.15) is 5.26 Å². The van der Waals surface area contributed by atoms with E-state index in [1.54, 1.807) is 0 Å². The van der Waals surface area contributed by atoms with Crippen LogP contribution in [0.15, 0.2) is 40.8 Å². The first-order valence-corrected chi connectivity index (χ1v) is 10.2. The van der Waals surface area contributed by atoms with Crippen LogP contribution in [0.5, 0.6) is 0 Å². The Morgan fingerprint density at radius 2 is 1.90 bits per heavy atom. The van der Waals surface area contributed by atoms with Crippen LogP contribution in [-0.2, 0) is 5.41 Å². The number of oxazole rings is 1. The Balaban J connectivity index is 0.00000256. The standard InChI is InChI=1S/C24H28N4O.ClH/c1-24(2,3)23-26-20-17(15-25)14-18(16-10-7-6-8-11-16)21(22(20)29-23)28-13-9-12-19(28)27(4)5;/h6-8,10-11,14,19H,9,12-13H2,1-5H3;1H. The minimum Gasteiger partial charge on any atom is -0.438 e. The number of aromatic nitrogens is 1. The minimum absolute atomic E-state index is 0. The molecular formula is C24H29ClN4O. The number of fused-ring (bicyclic) bond motifs is 1. The lowest BCUT2D eigenvalue weighted by Gasteiger charge is -2.33. The molecule has 30 heavy (non-hydrogen) atoms. The van der Waals surface area contributed by atoms with Crippen LogP contribution < -0.4 is 4.90 Å². The molecule has 6 heteroatoms. The van der Waals surface area contributed by atoms with Gasteiger partial charge in [0.05, 0.1) is 17.4 Å². The van der Waals surface area contributed by atoms with Gasteiger partial charge in [0.15, 0.2) is 5.58 Å². The maximum Gasteiger partial charge on any atom is 0.201 e. The first kappa shape index (κ1) is 22.1. The molecular weight excluding hydrogens is 396 g/mol. The monoisotopic (exact) mass is 424 g/mol. The van der Waals surface area contributed by atoms with Gasteiger partial charge in [0.1, 0.15) is 11.6 Å². The molecule has 1 unspecified atom stereocenters. The molecule has 158 valence electrons. The summed E-state index contributed by atoms with van der Waals surface area (Å²) in [6.07, 6.45) is 2.51. The van der Waals surface area contributed by atoms with E-state index in [4.69, 9.17) is 9.40 Å². The van der Waals surface area contributed by atoms with Crippen molar-refractivity contribution in [2.75, 3.05) is 25.5 Å². The fourth-order valence-electron chi connectivity index (χ4n) is 4.14. The molecule has 2 aromatic carbocycles. The van der Waals surface area contributed by atoms with E-state index < -0.39 is 0 Å². The molecule has 0 radical (unpaired) electrons. The highest BCUT2D eigenvalue weighted by Gasteiger charge is 2.33. The van der Waals surface area contributed by atoms with E-state index in [1.165, 1.54) is 0 Å². The number of halogens is 1. The molecule has 0 aliphatic carbocycles. The Kier molecular flexibility index (Phi) is 6.12. The van der Waals surface area contributed by atoms with Crippen LogP contribution in [-0.4, -0.2) is 36.7 Å². The van der Waals surface area contributed by atoms with Crippen molar-refractivity contribution >= 4 is 29.2 Å². The summed E-state index contributed by atoms with van der Waals surface area (Å²) in [6.45, 7) is 7.20. The topological polar surface area (TPSA) is 56.3 Å². The Morgan fingerprint density at radius 1 is 1.20 bits per heavy atom. The van der Waals surface area contributed by atoms with Gasteiger partial charge < -0.3 is 9.32 Å². The van der Waals surface area contributed by atoms with Gasteiger partial charge in [-0.3, -0.25) is 4.90 Å². The van der Waals surface area contributed by atoms with Crippen molar-refractivity contribution in [1.82, 2.24) is 9.88 Å². The molecule has 0 N–H and O–H groups in total. The molecule has 1 atom stereocenters. The number of nitrogens with zero attached hydrogens (tertiary/aromatic N) is 4. The number of nitriles is 1. The van der Waals surface area contributed by atoms with E-state index in [2.05, 4.69) is 62.9 Å². The highest BCUT2D eigenvalue weighted by molar-refractivity contribution is 6.00. The van der Waals surface area contributed by atoms with Crippen LogP contribution in [0, 0.1) is 11.3 Å². The maximum absolute atomic E-state index is 9.86. The molecule has 5 nitrogen and oxygen atoms in total. The molecule has 0 amide bonds. The minimum atomic E-state index is -0.234. The number of rotatable bonds is 3. The van der Waals surface area contributed by atoms with Gasteiger partial charge in [-0.25, -0.2) is 4.98 Å². The zero-order valence-electron chi connectivity index (χ0n) is 18.3. The molecule has 0 saturated carbocycles. The van der Waals surface area contributed by atoms with Crippen LogP contribution in [0.3, 0.4) is 0 Å². The van der Waals surface area contributed by atoms with Crippen LogP contribution in [0.4, 0.5) is 5.69 Å². The van der Waals surface area contributed by atoms with Gasteiger partial charge in [0, 0.05) is 17.5 Å². The van der Waals surface area contributed by atoms with Crippen LogP contribution in [0.1, 0.15) is 45.1 Å². The molecule has 0 spiro atoms. The second kappa shape index (κ2) is 8.29. The van der Waals surface area contributed by atoms with Gasteiger partial charge in [-0.15, -0.1) is 12.4 Å². The summed E-state index contributed by atoms with van der Waals surface area (Å²) in [7, 11) is 4.24. The van der Waals surface area contributed by atoms with Gasteiger partial charge in [0.25, 0.3) is 0 Å². The fraction of sp³-hybridized carbons (Fsp3) is 0.417. The van der Waals surface area contributed by atoms with E-state index in [0.717, 1.165) is 41.8 Å². The lowest BCUT2D eigenvalue weighted by molar-refractivity contribution is 0.301. The van der Waals surface area contributed by atoms with Crippen molar-refractivity contribution in [3.05, 3.63) is 47.9 Å². The largest absolute Gasteiger partial charge is 0.438 e. The summed E-state index contributed by atoms with van der Waals surface area (Å²) in [4.78, 5) is 9.44. The normalized spacial score (nSPS) is 16.7. The third-order valence-corrected chi connectivity index (χ3v) is 5.59.